The minimum absolute atomic E-state index is 0.0679. The summed E-state index contributed by atoms with van der Waals surface area (Å²) in [6.45, 7) is 2.18. The zero-order chi connectivity index (χ0) is 13.4. The minimum Gasteiger partial charge on any atom is -0.482 e. The average molecular weight is 252 g/mol. The third kappa shape index (κ3) is 4.92. The van der Waals surface area contributed by atoms with Crippen LogP contribution >= 0.6 is 0 Å². The third-order valence-corrected chi connectivity index (χ3v) is 2.07. The quantitative estimate of drug-likeness (QED) is 0.712. The van der Waals surface area contributed by atoms with Crippen LogP contribution in [0.3, 0.4) is 0 Å². The summed E-state index contributed by atoms with van der Waals surface area (Å²) < 4.78 is 10.1. The fraction of sp³-hybridized carbons (Fsp3) is 0.417. The normalized spacial score (nSPS) is 11.7. The molecule has 6 nitrogen and oxygen atoms in total. The van der Waals surface area contributed by atoms with Gasteiger partial charge in [0, 0.05) is 13.2 Å². The van der Waals surface area contributed by atoms with Crippen LogP contribution in [0, 0.1) is 0 Å². The van der Waals surface area contributed by atoms with Crippen molar-refractivity contribution < 1.29 is 19.1 Å². The van der Waals surface area contributed by atoms with Gasteiger partial charge in [0.2, 0.25) is 0 Å². The second kappa shape index (κ2) is 7.39. The van der Waals surface area contributed by atoms with E-state index in [1.54, 1.807) is 13.2 Å². The Morgan fingerprint density at radius 2 is 2.33 bits per heavy atom. The Hall–Kier alpha value is -1.95. The van der Waals surface area contributed by atoms with E-state index >= 15 is 0 Å². The SMILES string of the molecule is COCC(C)NC(=O)COc1ccc(C=O)nc1. The number of nitrogens with zero attached hydrogens (tertiary/aromatic N) is 1. The predicted octanol–water partition coefficient (Wildman–Crippen LogP) is 0.424. The van der Waals surface area contributed by atoms with E-state index < -0.39 is 0 Å². The molecule has 0 bridgehead atoms. The number of carbonyl (C=O) groups excluding carboxylic acids is 2. The summed E-state index contributed by atoms with van der Waals surface area (Å²) in [5.41, 5.74) is 0.320. The molecule has 0 aliphatic heterocycles. The van der Waals surface area contributed by atoms with Gasteiger partial charge in [-0.05, 0) is 19.1 Å². The van der Waals surface area contributed by atoms with Crippen LogP contribution in [0.5, 0.6) is 5.75 Å². The number of nitrogens with one attached hydrogen (secondary N) is 1. The summed E-state index contributed by atoms with van der Waals surface area (Å²) in [6.07, 6.45) is 2.04. The number of aldehydes is 1. The molecule has 0 saturated heterocycles. The van der Waals surface area contributed by atoms with Gasteiger partial charge in [-0.3, -0.25) is 9.59 Å². The Morgan fingerprint density at radius 1 is 1.56 bits per heavy atom. The summed E-state index contributed by atoms with van der Waals surface area (Å²) in [4.78, 5) is 25.7. The molecule has 1 rings (SSSR count). The maximum Gasteiger partial charge on any atom is 0.258 e. The number of hydrogen-bond acceptors (Lipinski definition) is 5. The molecule has 1 aromatic heterocycles. The van der Waals surface area contributed by atoms with Gasteiger partial charge in [0.05, 0.1) is 12.8 Å². The van der Waals surface area contributed by atoms with E-state index in [4.69, 9.17) is 9.47 Å². The van der Waals surface area contributed by atoms with Crippen molar-refractivity contribution in [1.29, 1.82) is 0 Å². The van der Waals surface area contributed by atoms with Gasteiger partial charge in [-0.1, -0.05) is 0 Å². The van der Waals surface area contributed by atoms with Gasteiger partial charge in [0.25, 0.3) is 5.91 Å². The molecule has 1 heterocycles. The molecule has 1 aromatic rings. The fourth-order valence-electron chi connectivity index (χ4n) is 1.30. The number of amides is 1. The van der Waals surface area contributed by atoms with Crippen molar-refractivity contribution in [2.24, 2.45) is 0 Å². The molecule has 18 heavy (non-hydrogen) atoms. The molecule has 0 saturated carbocycles. The molecule has 0 fully saturated rings. The van der Waals surface area contributed by atoms with E-state index in [9.17, 15) is 9.59 Å². The number of aromatic nitrogens is 1. The molecule has 1 amide bonds. The highest BCUT2D eigenvalue weighted by atomic mass is 16.5. The fourth-order valence-corrected chi connectivity index (χ4v) is 1.30. The Kier molecular flexibility index (Phi) is 5.79. The molecule has 1 N–H and O–H groups in total. The minimum atomic E-state index is -0.237. The van der Waals surface area contributed by atoms with Gasteiger partial charge in [-0.25, -0.2) is 4.98 Å². The van der Waals surface area contributed by atoms with Gasteiger partial charge < -0.3 is 14.8 Å². The van der Waals surface area contributed by atoms with E-state index in [-0.39, 0.29) is 18.6 Å². The number of ether oxygens (including phenoxy) is 2. The molecule has 1 atom stereocenters. The topological polar surface area (TPSA) is 77.5 Å². The largest absolute Gasteiger partial charge is 0.482 e. The molecule has 98 valence electrons. The van der Waals surface area contributed by atoms with Crippen molar-refractivity contribution in [3.05, 3.63) is 24.0 Å². The van der Waals surface area contributed by atoms with Crippen LogP contribution in [0.15, 0.2) is 18.3 Å². The first-order valence-electron chi connectivity index (χ1n) is 5.48. The van der Waals surface area contributed by atoms with Crippen LogP contribution in [0.2, 0.25) is 0 Å². The molecule has 6 heteroatoms. The Labute approximate surface area is 105 Å². The lowest BCUT2D eigenvalue weighted by atomic mass is 10.3. The number of methoxy groups -OCH3 is 1. The summed E-state index contributed by atoms with van der Waals surface area (Å²) in [6, 6.07) is 3.04. The lowest BCUT2D eigenvalue weighted by Gasteiger charge is -2.13. The maximum atomic E-state index is 11.5. The molecular weight excluding hydrogens is 236 g/mol. The molecular formula is C12H16N2O4. The lowest BCUT2D eigenvalue weighted by Crippen LogP contribution is -2.38. The van der Waals surface area contributed by atoms with Crippen molar-refractivity contribution in [1.82, 2.24) is 10.3 Å². The van der Waals surface area contributed by atoms with Gasteiger partial charge in [0.15, 0.2) is 12.9 Å². The van der Waals surface area contributed by atoms with Crippen molar-refractivity contribution >= 4 is 12.2 Å². The van der Waals surface area contributed by atoms with E-state index in [1.807, 2.05) is 6.92 Å². The predicted molar refractivity (Wildman–Crippen MR) is 64.6 cm³/mol. The molecule has 0 aliphatic rings. The highest BCUT2D eigenvalue weighted by molar-refractivity contribution is 5.77. The zero-order valence-corrected chi connectivity index (χ0v) is 10.4. The van der Waals surface area contributed by atoms with E-state index in [0.29, 0.717) is 24.3 Å². The molecule has 0 aliphatic carbocycles. The Morgan fingerprint density at radius 3 is 2.89 bits per heavy atom. The van der Waals surface area contributed by atoms with Gasteiger partial charge >= 0.3 is 0 Å². The van der Waals surface area contributed by atoms with Crippen LogP contribution in [-0.2, 0) is 9.53 Å². The van der Waals surface area contributed by atoms with E-state index in [2.05, 4.69) is 10.3 Å². The van der Waals surface area contributed by atoms with E-state index in [1.165, 1.54) is 12.3 Å². The smallest absolute Gasteiger partial charge is 0.258 e. The summed E-state index contributed by atoms with van der Waals surface area (Å²) >= 11 is 0. The highest BCUT2D eigenvalue weighted by Crippen LogP contribution is 2.07. The van der Waals surface area contributed by atoms with Crippen molar-refractivity contribution in [2.45, 2.75) is 13.0 Å². The molecule has 0 radical (unpaired) electrons. The average Bonchev–Trinajstić information content (AvgIpc) is 2.37. The summed E-state index contributed by atoms with van der Waals surface area (Å²) in [5.74, 6) is 0.203. The summed E-state index contributed by atoms with van der Waals surface area (Å²) in [5, 5.41) is 2.71. The van der Waals surface area contributed by atoms with Crippen LogP contribution in [0.1, 0.15) is 17.4 Å². The highest BCUT2D eigenvalue weighted by Gasteiger charge is 2.07. The number of pyridine rings is 1. The van der Waals surface area contributed by atoms with Gasteiger partial charge in [0.1, 0.15) is 11.4 Å². The van der Waals surface area contributed by atoms with Crippen LogP contribution in [-0.4, -0.2) is 43.5 Å². The molecule has 1 unspecified atom stereocenters. The van der Waals surface area contributed by atoms with Crippen molar-refractivity contribution in [2.75, 3.05) is 20.3 Å². The Bertz CT molecular complexity index is 392. The maximum absolute atomic E-state index is 11.5. The van der Waals surface area contributed by atoms with Gasteiger partial charge in [-0.2, -0.15) is 0 Å². The van der Waals surface area contributed by atoms with Crippen molar-refractivity contribution in [3.63, 3.8) is 0 Å². The monoisotopic (exact) mass is 252 g/mol. The lowest BCUT2D eigenvalue weighted by molar-refractivity contribution is -0.124. The Balaban J connectivity index is 2.35. The first kappa shape index (κ1) is 14.1. The number of rotatable bonds is 7. The van der Waals surface area contributed by atoms with Crippen LogP contribution < -0.4 is 10.1 Å². The van der Waals surface area contributed by atoms with E-state index in [0.717, 1.165) is 0 Å². The van der Waals surface area contributed by atoms with Crippen LogP contribution in [0.25, 0.3) is 0 Å². The standard InChI is InChI=1S/C12H16N2O4/c1-9(7-17-2)14-12(16)8-18-11-4-3-10(6-15)13-5-11/h3-6,9H,7-8H2,1-2H3,(H,14,16). The first-order chi connectivity index (χ1) is 8.65. The number of hydrogen-bond donors (Lipinski definition) is 1. The molecule has 0 aromatic carbocycles. The second-order valence-electron chi connectivity index (χ2n) is 3.75. The van der Waals surface area contributed by atoms with Gasteiger partial charge in [-0.15, -0.1) is 0 Å². The first-order valence-corrected chi connectivity index (χ1v) is 5.48. The summed E-state index contributed by atoms with van der Waals surface area (Å²) in [7, 11) is 1.57. The number of carbonyl (C=O) groups is 2. The van der Waals surface area contributed by atoms with Crippen molar-refractivity contribution in [3.8, 4) is 5.75 Å². The zero-order valence-electron chi connectivity index (χ0n) is 10.4. The van der Waals surface area contributed by atoms with Crippen LogP contribution in [0.4, 0.5) is 0 Å². The second-order valence-corrected chi connectivity index (χ2v) is 3.75. The molecule has 0 spiro atoms. The third-order valence-electron chi connectivity index (χ3n) is 2.07.